The molecule has 5 nitrogen and oxygen atoms in total. The minimum absolute atomic E-state index is 0. The SMILES string of the molecule is COc1ccc2c3c1O[C@H]1C(OC(=O)c4ccccc4)=CC[C@H]4[C@@H](C2)N(C)CC[C@]314.Cl. The molecule has 0 radical (unpaired) electrons. The molecular weight excluding hydrogens is 414 g/mol. The zero-order valence-corrected chi connectivity index (χ0v) is 18.5. The topological polar surface area (TPSA) is 48.0 Å². The molecule has 0 saturated carbocycles. The van der Waals surface area contributed by atoms with Gasteiger partial charge in [-0.2, -0.15) is 0 Å². The molecule has 1 spiro atoms. The Balaban J connectivity index is 0.00000204. The average molecular weight is 440 g/mol. The van der Waals surface area contributed by atoms with Gasteiger partial charge in [0.05, 0.1) is 12.7 Å². The van der Waals surface area contributed by atoms with Crippen molar-refractivity contribution in [2.45, 2.75) is 36.8 Å². The Morgan fingerprint density at radius 2 is 2.00 bits per heavy atom. The van der Waals surface area contributed by atoms with Crippen molar-refractivity contribution >= 4 is 18.4 Å². The Morgan fingerprint density at radius 1 is 1.19 bits per heavy atom. The Bertz CT molecular complexity index is 1070. The number of nitrogens with zero attached hydrogens (tertiary/aromatic N) is 1. The van der Waals surface area contributed by atoms with Crippen molar-refractivity contribution in [1.29, 1.82) is 0 Å². The highest BCUT2D eigenvalue weighted by Crippen LogP contribution is 2.63. The summed E-state index contributed by atoms with van der Waals surface area (Å²) in [6.45, 7) is 1.01. The highest BCUT2D eigenvalue weighted by molar-refractivity contribution is 5.90. The van der Waals surface area contributed by atoms with Gasteiger partial charge in [0, 0.05) is 17.0 Å². The fourth-order valence-electron chi connectivity index (χ4n) is 6.30. The fraction of sp³-hybridized carbons (Fsp3) is 0.400. The minimum Gasteiger partial charge on any atom is -0.493 e. The largest absolute Gasteiger partial charge is 0.493 e. The first-order chi connectivity index (χ1) is 14.6. The van der Waals surface area contributed by atoms with Crippen LogP contribution < -0.4 is 9.47 Å². The summed E-state index contributed by atoms with van der Waals surface area (Å²) in [5.41, 5.74) is 3.03. The molecule has 0 unspecified atom stereocenters. The molecule has 2 bridgehead atoms. The van der Waals surface area contributed by atoms with E-state index in [2.05, 4.69) is 24.1 Å². The van der Waals surface area contributed by atoms with Gasteiger partial charge in [-0.3, -0.25) is 0 Å². The van der Waals surface area contributed by atoms with Gasteiger partial charge in [-0.05, 0) is 68.6 Å². The lowest BCUT2D eigenvalue weighted by Crippen LogP contribution is -2.63. The van der Waals surface area contributed by atoms with Crippen LogP contribution in [0.2, 0.25) is 0 Å². The van der Waals surface area contributed by atoms with E-state index in [0.717, 1.165) is 37.3 Å². The van der Waals surface area contributed by atoms with Crippen molar-refractivity contribution in [3.8, 4) is 11.5 Å². The molecule has 4 atom stereocenters. The number of hydrogen-bond acceptors (Lipinski definition) is 5. The number of carbonyl (C=O) groups is 1. The first-order valence-electron chi connectivity index (χ1n) is 10.7. The molecule has 2 aliphatic carbocycles. The van der Waals surface area contributed by atoms with Crippen molar-refractivity contribution in [2.24, 2.45) is 5.92 Å². The summed E-state index contributed by atoms with van der Waals surface area (Å²) in [6.07, 6.45) is 4.71. The number of ether oxygens (including phenoxy) is 3. The average Bonchev–Trinajstić information content (AvgIpc) is 3.13. The number of piperidine rings is 1. The molecule has 0 N–H and O–H groups in total. The van der Waals surface area contributed by atoms with Crippen LogP contribution in [-0.2, 0) is 16.6 Å². The number of rotatable bonds is 3. The minimum atomic E-state index is -0.330. The maximum Gasteiger partial charge on any atom is 0.343 e. The number of hydrogen-bond donors (Lipinski definition) is 0. The van der Waals surface area contributed by atoms with Crippen LogP contribution in [0.3, 0.4) is 0 Å². The molecule has 1 saturated heterocycles. The van der Waals surface area contributed by atoms with Gasteiger partial charge in [0.15, 0.2) is 17.6 Å². The maximum atomic E-state index is 12.8. The second kappa shape index (κ2) is 7.28. The predicted octanol–water partition coefficient (Wildman–Crippen LogP) is 4.14. The van der Waals surface area contributed by atoms with Crippen molar-refractivity contribution in [3.05, 3.63) is 71.0 Å². The number of carbonyl (C=O) groups excluding carboxylic acids is 1. The number of likely N-dealkylation sites (tertiary alicyclic amines) is 1. The van der Waals surface area contributed by atoms with Crippen molar-refractivity contribution in [1.82, 2.24) is 4.90 Å². The second-order valence-electron chi connectivity index (χ2n) is 8.88. The molecule has 2 heterocycles. The van der Waals surface area contributed by atoms with Crippen molar-refractivity contribution in [3.63, 3.8) is 0 Å². The highest BCUT2D eigenvalue weighted by Gasteiger charge is 2.64. The molecule has 4 aliphatic rings. The van der Waals surface area contributed by atoms with E-state index in [1.54, 1.807) is 19.2 Å². The maximum absolute atomic E-state index is 12.8. The Hall–Kier alpha value is -2.50. The van der Waals surface area contributed by atoms with Crippen molar-refractivity contribution in [2.75, 3.05) is 20.7 Å². The van der Waals surface area contributed by atoms with Crippen LogP contribution in [0.4, 0.5) is 0 Å². The molecule has 0 aromatic heterocycles. The lowest BCUT2D eigenvalue weighted by atomic mass is 9.53. The number of likely N-dealkylation sites (N-methyl/N-ethyl adjacent to an activating group) is 1. The molecular formula is C25H26ClNO4. The van der Waals surface area contributed by atoms with Crippen molar-refractivity contribution < 1.29 is 19.0 Å². The van der Waals surface area contributed by atoms with Gasteiger partial charge < -0.3 is 19.1 Å². The Kier molecular flexibility index (Phi) is 4.79. The van der Waals surface area contributed by atoms with Gasteiger partial charge in [0.1, 0.15) is 5.76 Å². The molecule has 6 rings (SSSR count). The lowest BCUT2D eigenvalue weighted by Gasteiger charge is -2.56. The first-order valence-corrected chi connectivity index (χ1v) is 10.7. The Morgan fingerprint density at radius 3 is 2.77 bits per heavy atom. The molecule has 6 heteroatoms. The van der Waals surface area contributed by atoms with Gasteiger partial charge in [0.25, 0.3) is 0 Å². The number of halogens is 1. The van der Waals surface area contributed by atoms with Gasteiger partial charge in [-0.15, -0.1) is 12.4 Å². The molecule has 162 valence electrons. The van der Waals surface area contributed by atoms with Gasteiger partial charge in [-0.1, -0.05) is 24.3 Å². The zero-order chi connectivity index (χ0) is 20.5. The summed E-state index contributed by atoms with van der Waals surface area (Å²) in [5.74, 6) is 2.37. The van der Waals surface area contributed by atoms with Crippen LogP contribution in [0.15, 0.2) is 54.3 Å². The zero-order valence-electron chi connectivity index (χ0n) is 17.7. The smallest absolute Gasteiger partial charge is 0.343 e. The third kappa shape index (κ3) is 2.69. The first kappa shape index (κ1) is 20.4. The van der Waals surface area contributed by atoms with E-state index in [9.17, 15) is 4.79 Å². The van der Waals surface area contributed by atoms with E-state index < -0.39 is 0 Å². The van der Waals surface area contributed by atoms with Gasteiger partial charge in [-0.25, -0.2) is 4.79 Å². The Labute approximate surface area is 188 Å². The van der Waals surface area contributed by atoms with E-state index in [1.165, 1.54) is 11.1 Å². The highest BCUT2D eigenvalue weighted by atomic mass is 35.5. The lowest BCUT2D eigenvalue weighted by molar-refractivity contribution is -0.0272. The standard InChI is InChI=1S/C25H25NO4.ClH/c1-26-13-12-25-17-9-11-20(29-24(27)15-6-4-3-5-7-15)23(25)30-22-19(28-2)10-8-16(21(22)25)14-18(17)26;/h3-8,10-11,17-18,23H,9,12-14H2,1-2H3;1H/t17-,18+,23-,25-;/m0./s1. The number of esters is 1. The van der Waals surface area contributed by atoms with Crippen LogP contribution in [-0.4, -0.2) is 43.7 Å². The van der Waals surface area contributed by atoms with Crippen LogP contribution in [0.1, 0.15) is 34.3 Å². The molecule has 2 aromatic rings. The molecule has 0 amide bonds. The summed E-state index contributed by atoms with van der Waals surface area (Å²) < 4.78 is 18.2. The van der Waals surface area contributed by atoms with E-state index >= 15 is 0 Å². The van der Waals surface area contributed by atoms with E-state index in [4.69, 9.17) is 14.2 Å². The van der Waals surface area contributed by atoms with Crippen LogP contribution in [0.25, 0.3) is 0 Å². The second-order valence-corrected chi connectivity index (χ2v) is 8.88. The predicted molar refractivity (Wildman–Crippen MR) is 119 cm³/mol. The van der Waals surface area contributed by atoms with E-state index in [1.807, 2.05) is 24.3 Å². The molecule has 31 heavy (non-hydrogen) atoms. The van der Waals surface area contributed by atoms with E-state index in [-0.39, 0.29) is 29.9 Å². The number of methoxy groups -OCH3 is 1. The third-order valence-corrected chi connectivity index (χ3v) is 7.65. The summed E-state index contributed by atoms with van der Waals surface area (Å²) in [4.78, 5) is 15.3. The van der Waals surface area contributed by atoms with Gasteiger partial charge >= 0.3 is 5.97 Å². The summed E-state index contributed by atoms with van der Waals surface area (Å²) >= 11 is 0. The van der Waals surface area contributed by atoms with E-state index in [0.29, 0.717) is 23.3 Å². The summed E-state index contributed by atoms with van der Waals surface area (Å²) in [6, 6.07) is 13.8. The quantitative estimate of drug-likeness (QED) is 0.673. The number of allylic oxidation sites excluding steroid dienone is 1. The molecule has 2 aromatic carbocycles. The fourth-order valence-corrected chi connectivity index (χ4v) is 6.30. The van der Waals surface area contributed by atoms with Crippen LogP contribution in [0.5, 0.6) is 11.5 Å². The monoisotopic (exact) mass is 439 g/mol. The van der Waals surface area contributed by atoms with Crippen LogP contribution in [0, 0.1) is 5.92 Å². The number of benzene rings is 2. The normalized spacial score (nSPS) is 29.7. The summed E-state index contributed by atoms with van der Waals surface area (Å²) in [5, 5.41) is 0. The molecule has 2 aliphatic heterocycles. The molecule has 1 fully saturated rings. The third-order valence-electron chi connectivity index (χ3n) is 7.65. The van der Waals surface area contributed by atoms with Gasteiger partial charge in [0.2, 0.25) is 0 Å². The van der Waals surface area contributed by atoms with Crippen LogP contribution >= 0.6 is 12.4 Å². The summed E-state index contributed by atoms with van der Waals surface area (Å²) in [7, 11) is 3.91.